The summed E-state index contributed by atoms with van der Waals surface area (Å²) < 4.78 is 0. The van der Waals surface area contributed by atoms with Crippen molar-refractivity contribution in [3.63, 3.8) is 0 Å². The lowest BCUT2D eigenvalue weighted by Crippen LogP contribution is -2.24. The van der Waals surface area contributed by atoms with Crippen LogP contribution in [-0.4, -0.2) is 17.6 Å². The number of hydrogen-bond acceptors (Lipinski definition) is 4. The molecule has 0 bridgehead atoms. The third kappa shape index (κ3) is 5.93. The SMILES string of the molecule is CCCCN1/C(=C/C=C2\CC(C(C)(C)C)CC(/C=C(\C#N)C(=O)O)=C2Cl)Sc2ccccc21. The maximum absolute atomic E-state index is 11.4. The molecule has 0 radical (unpaired) electrons. The fourth-order valence-electron chi connectivity index (χ4n) is 4.08. The first-order valence-electron chi connectivity index (χ1n) is 11.3. The van der Waals surface area contributed by atoms with Gasteiger partial charge in [0.25, 0.3) is 0 Å². The average Bonchev–Trinajstić information content (AvgIpc) is 3.12. The maximum Gasteiger partial charge on any atom is 0.346 e. The van der Waals surface area contributed by atoms with Crippen molar-refractivity contribution in [3.8, 4) is 6.07 Å². The second-order valence-corrected chi connectivity index (χ2v) is 11.0. The van der Waals surface area contributed by atoms with Crippen LogP contribution in [0.3, 0.4) is 0 Å². The molecule has 2 aliphatic rings. The second kappa shape index (κ2) is 10.7. The fraction of sp³-hybridized carbons (Fsp3) is 0.407. The van der Waals surface area contributed by atoms with Gasteiger partial charge in [-0.05, 0) is 66.0 Å². The molecule has 0 amide bonds. The van der Waals surface area contributed by atoms with Crippen molar-refractivity contribution in [2.75, 3.05) is 11.4 Å². The Bertz CT molecular complexity index is 1090. The Balaban J connectivity index is 2.02. The van der Waals surface area contributed by atoms with Gasteiger partial charge < -0.3 is 10.0 Å². The van der Waals surface area contributed by atoms with E-state index in [4.69, 9.17) is 11.6 Å². The smallest absolute Gasteiger partial charge is 0.346 e. The van der Waals surface area contributed by atoms with Crippen molar-refractivity contribution in [3.05, 3.63) is 69.3 Å². The van der Waals surface area contributed by atoms with E-state index in [1.165, 1.54) is 21.7 Å². The first-order chi connectivity index (χ1) is 15.7. The number of rotatable bonds is 6. The summed E-state index contributed by atoms with van der Waals surface area (Å²) in [6.07, 6.45) is 9.34. The highest BCUT2D eigenvalue weighted by Crippen LogP contribution is 2.47. The maximum atomic E-state index is 11.4. The minimum absolute atomic E-state index is 0.0183. The highest BCUT2D eigenvalue weighted by Gasteiger charge is 2.32. The molecule has 3 rings (SSSR count). The summed E-state index contributed by atoms with van der Waals surface area (Å²) in [5.41, 5.74) is 2.67. The van der Waals surface area contributed by atoms with Gasteiger partial charge in [-0.3, -0.25) is 0 Å². The number of fused-ring (bicyclic) bond motifs is 1. The molecule has 1 heterocycles. The zero-order chi connectivity index (χ0) is 24.2. The molecule has 4 nitrogen and oxygen atoms in total. The lowest BCUT2D eigenvalue weighted by atomic mass is 9.70. The van der Waals surface area contributed by atoms with Gasteiger partial charge in [-0.2, -0.15) is 5.26 Å². The first kappa shape index (κ1) is 25.2. The minimum atomic E-state index is -1.23. The topological polar surface area (TPSA) is 64.3 Å². The summed E-state index contributed by atoms with van der Waals surface area (Å²) in [4.78, 5) is 15.0. The van der Waals surface area contributed by atoms with Crippen molar-refractivity contribution < 1.29 is 9.90 Å². The number of nitriles is 1. The Morgan fingerprint density at radius 3 is 2.67 bits per heavy atom. The van der Waals surface area contributed by atoms with Crippen LogP contribution < -0.4 is 4.90 Å². The van der Waals surface area contributed by atoms with Crippen LogP contribution in [0.2, 0.25) is 0 Å². The highest BCUT2D eigenvalue weighted by molar-refractivity contribution is 8.03. The number of aliphatic carboxylic acids is 1. The molecule has 1 unspecified atom stereocenters. The summed E-state index contributed by atoms with van der Waals surface area (Å²) in [6, 6.07) is 10.2. The van der Waals surface area contributed by atoms with E-state index in [9.17, 15) is 15.2 Å². The molecule has 1 atom stereocenters. The van der Waals surface area contributed by atoms with Gasteiger partial charge in [0, 0.05) is 16.5 Å². The van der Waals surface area contributed by atoms with Crippen molar-refractivity contribution in [2.24, 2.45) is 11.3 Å². The molecule has 174 valence electrons. The molecule has 1 aromatic carbocycles. The molecule has 6 heteroatoms. The lowest BCUT2D eigenvalue weighted by molar-refractivity contribution is -0.132. The highest BCUT2D eigenvalue weighted by atomic mass is 35.5. The van der Waals surface area contributed by atoms with Crippen LogP contribution in [0.1, 0.15) is 53.4 Å². The summed E-state index contributed by atoms with van der Waals surface area (Å²) in [7, 11) is 0. The summed E-state index contributed by atoms with van der Waals surface area (Å²) in [6.45, 7) is 9.72. The Hall–Kier alpha value is -2.42. The van der Waals surface area contributed by atoms with E-state index in [1.807, 2.05) is 0 Å². The standard InChI is InChI=1S/C27H31ClN2O2S/c1-5-6-13-30-22-9-7-8-10-23(22)33-24(30)12-11-18-15-21(27(2,3)4)16-19(25(18)28)14-20(17-29)26(31)32/h7-12,14,21H,5-6,13,15-16H2,1-4H3,(H,31,32)/b18-11+,20-14+,24-12-. The predicted octanol–water partition coefficient (Wildman–Crippen LogP) is 7.65. The third-order valence-electron chi connectivity index (χ3n) is 6.19. The quantitative estimate of drug-likeness (QED) is 0.333. The number of allylic oxidation sites excluding steroid dienone is 6. The number of unbranched alkanes of at least 4 members (excludes halogenated alkanes) is 1. The molecule has 1 aliphatic heterocycles. The van der Waals surface area contributed by atoms with Gasteiger partial charge in [0.1, 0.15) is 11.6 Å². The third-order valence-corrected chi connectivity index (χ3v) is 7.81. The minimum Gasteiger partial charge on any atom is -0.477 e. The van der Waals surface area contributed by atoms with Crippen LogP contribution in [0.4, 0.5) is 5.69 Å². The van der Waals surface area contributed by atoms with Gasteiger partial charge in [-0.1, -0.05) is 75.7 Å². The van der Waals surface area contributed by atoms with Gasteiger partial charge in [0.05, 0.1) is 10.7 Å². The lowest BCUT2D eigenvalue weighted by Gasteiger charge is -2.35. The molecular formula is C27H31ClN2O2S. The van der Waals surface area contributed by atoms with Crippen molar-refractivity contribution in [2.45, 2.75) is 58.3 Å². The van der Waals surface area contributed by atoms with Gasteiger partial charge in [-0.15, -0.1) is 0 Å². The van der Waals surface area contributed by atoms with Crippen LogP contribution in [-0.2, 0) is 4.79 Å². The number of hydrogen-bond donors (Lipinski definition) is 1. The molecule has 1 aliphatic carbocycles. The van der Waals surface area contributed by atoms with Gasteiger partial charge >= 0.3 is 5.97 Å². The van der Waals surface area contributed by atoms with E-state index in [2.05, 4.69) is 69.0 Å². The fourth-order valence-corrected chi connectivity index (χ4v) is 5.44. The van der Waals surface area contributed by atoms with Gasteiger partial charge in [-0.25, -0.2) is 4.79 Å². The number of halogens is 1. The Morgan fingerprint density at radius 2 is 2.03 bits per heavy atom. The van der Waals surface area contributed by atoms with E-state index in [0.717, 1.165) is 37.0 Å². The van der Waals surface area contributed by atoms with Crippen LogP contribution in [0.5, 0.6) is 0 Å². The zero-order valence-electron chi connectivity index (χ0n) is 19.7. The van der Waals surface area contributed by atoms with Gasteiger partial charge in [0.2, 0.25) is 0 Å². The Kier molecular flexibility index (Phi) is 8.15. The molecule has 0 saturated heterocycles. The van der Waals surface area contributed by atoms with E-state index < -0.39 is 5.97 Å². The number of nitrogens with zero attached hydrogens (tertiary/aromatic N) is 2. The molecule has 33 heavy (non-hydrogen) atoms. The number of carboxylic acid groups (broad SMARTS) is 1. The summed E-state index contributed by atoms with van der Waals surface area (Å²) in [5, 5.41) is 20.3. The molecule has 1 aromatic rings. The van der Waals surface area contributed by atoms with Crippen molar-refractivity contribution in [1.29, 1.82) is 5.26 Å². The van der Waals surface area contributed by atoms with Crippen LogP contribution >= 0.6 is 23.4 Å². The molecule has 0 spiro atoms. The number of carbonyl (C=O) groups is 1. The van der Waals surface area contributed by atoms with Crippen LogP contribution in [0.15, 0.2) is 74.2 Å². The number of para-hydroxylation sites is 1. The van der Waals surface area contributed by atoms with Crippen LogP contribution in [0, 0.1) is 22.7 Å². The Labute approximate surface area is 206 Å². The zero-order valence-corrected chi connectivity index (χ0v) is 21.3. The van der Waals surface area contributed by atoms with Crippen molar-refractivity contribution in [1.82, 2.24) is 0 Å². The van der Waals surface area contributed by atoms with E-state index in [1.54, 1.807) is 17.8 Å². The predicted molar refractivity (Wildman–Crippen MR) is 137 cm³/mol. The molecule has 0 aromatic heterocycles. The number of benzene rings is 1. The number of thioether (sulfide) groups is 1. The summed E-state index contributed by atoms with van der Waals surface area (Å²) in [5.74, 6) is -0.944. The monoisotopic (exact) mass is 482 g/mol. The van der Waals surface area contributed by atoms with Crippen molar-refractivity contribution >= 4 is 35.0 Å². The largest absolute Gasteiger partial charge is 0.477 e. The average molecular weight is 483 g/mol. The molecule has 0 fully saturated rings. The summed E-state index contributed by atoms with van der Waals surface area (Å²) >= 11 is 8.54. The molecular weight excluding hydrogens is 452 g/mol. The Morgan fingerprint density at radius 1 is 1.30 bits per heavy atom. The molecule has 0 saturated carbocycles. The van der Waals surface area contributed by atoms with Crippen LogP contribution in [0.25, 0.3) is 0 Å². The van der Waals surface area contributed by atoms with E-state index in [-0.39, 0.29) is 16.9 Å². The number of carboxylic acids is 1. The second-order valence-electron chi connectivity index (χ2n) is 9.56. The van der Waals surface area contributed by atoms with E-state index >= 15 is 0 Å². The number of anilines is 1. The molecule has 1 N–H and O–H groups in total. The normalized spacial score (nSPS) is 21.5. The van der Waals surface area contributed by atoms with Gasteiger partial charge in [0.15, 0.2) is 0 Å². The first-order valence-corrected chi connectivity index (χ1v) is 12.5. The van der Waals surface area contributed by atoms with E-state index in [0.29, 0.717) is 11.5 Å².